The minimum absolute atomic E-state index is 0.0445. The summed E-state index contributed by atoms with van der Waals surface area (Å²) in [6.45, 7) is 4.37. The minimum Gasteiger partial charge on any atom is -0.390 e. The van der Waals surface area contributed by atoms with E-state index in [4.69, 9.17) is 5.11 Å². The van der Waals surface area contributed by atoms with Crippen LogP contribution in [0.5, 0.6) is 0 Å². The van der Waals surface area contributed by atoms with Gasteiger partial charge in [-0.25, -0.2) is 0 Å². The van der Waals surface area contributed by atoms with Crippen LogP contribution in [0.25, 0.3) is 0 Å². The van der Waals surface area contributed by atoms with Crippen LogP contribution in [0.3, 0.4) is 0 Å². The Bertz CT molecular complexity index is 245. The van der Waals surface area contributed by atoms with Crippen molar-refractivity contribution in [2.75, 3.05) is 0 Å². The minimum atomic E-state index is 0.0445. The maximum absolute atomic E-state index is 8.97. The smallest absolute Gasteiger partial charge is 0.0855 e. The monoisotopic (exact) mass is 165 g/mol. The SMILES string of the molecule is CC(C)Cc1cccnc1CO. The lowest BCUT2D eigenvalue weighted by atomic mass is 10.0. The zero-order valence-corrected chi connectivity index (χ0v) is 7.62. The molecular weight excluding hydrogens is 150 g/mol. The third-order valence-corrected chi connectivity index (χ3v) is 1.76. The molecule has 1 heterocycles. The Hall–Kier alpha value is -0.890. The zero-order valence-electron chi connectivity index (χ0n) is 7.62. The van der Waals surface area contributed by atoms with Gasteiger partial charge in [-0.3, -0.25) is 4.98 Å². The molecule has 0 atom stereocenters. The van der Waals surface area contributed by atoms with Crippen molar-refractivity contribution in [1.82, 2.24) is 4.98 Å². The zero-order chi connectivity index (χ0) is 8.97. The molecule has 0 aromatic carbocycles. The van der Waals surface area contributed by atoms with E-state index in [-0.39, 0.29) is 6.61 Å². The van der Waals surface area contributed by atoms with Crippen molar-refractivity contribution in [2.45, 2.75) is 26.9 Å². The van der Waals surface area contributed by atoms with Gasteiger partial charge in [-0.2, -0.15) is 0 Å². The van der Waals surface area contributed by atoms with Crippen LogP contribution in [-0.2, 0) is 13.0 Å². The van der Waals surface area contributed by atoms with Crippen LogP contribution in [0.4, 0.5) is 0 Å². The van der Waals surface area contributed by atoms with E-state index in [1.165, 1.54) is 0 Å². The van der Waals surface area contributed by atoms with E-state index >= 15 is 0 Å². The van der Waals surface area contributed by atoms with Gasteiger partial charge >= 0.3 is 0 Å². The molecule has 0 amide bonds. The lowest BCUT2D eigenvalue weighted by Crippen LogP contribution is -2.01. The van der Waals surface area contributed by atoms with Gasteiger partial charge in [0.25, 0.3) is 0 Å². The Balaban J connectivity index is 2.82. The van der Waals surface area contributed by atoms with Crippen molar-refractivity contribution >= 4 is 0 Å². The topological polar surface area (TPSA) is 33.1 Å². The Morgan fingerprint density at radius 2 is 2.25 bits per heavy atom. The predicted molar refractivity (Wildman–Crippen MR) is 48.7 cm³/mol. The van der Waals surface area contributed by atoms with Crippen molar-refractivity contribution in [1.29, 1.82) is 0 Å². The van der Waals surface area contributed by atoms with Gasteiger partial charge in [0.15, 0.2) is 0 Å². The highest BCUT2D eigenvalue weighted by atomic mass is 16.3. The standard InChI is InChI=1S/C10H15NO/c1-8(2)6-9-4-3-5-11-10(9)7-12/h3-5,8,12H,6-7H2,1-2H3. The first kappa shape index (κ1) is 9.20. The number of aliphatic hydroxyl groups excluding tert-OH is 1. The van der Waals surface area contributed by atoms with E-state index < -0.39 is 0 Å². The average molecular weight is 165 g/mol. The number of aliphatic hydroxyl groups is 1. The van der Waals surface area contributed by atoms with Crippen molar-refractivity contribution in [3.05, 3.63) is 29.6 Å². The average Bonchev–Trinajstić information content (AvgIpc) is 2.04. The summed E-state index contributed by atoms with van der Waals surface area (Å²) in [5.41, 5.74) is 1.97. The lowest BCUT2D eigenvalue weighted by Gasteiger charge is -2.07. The highest BCUT2D eigenvalue weighted by molar-refractivity contribution is 5.19. The molecule has 2 heteroatoms. The van der Waals surface area contributed by atoms with Gasteiger partial charge in [-0.05, 0) is 24.0 Å². The number of rotatable bonds is 3. The number of hydrogen-bond acceptors (Lipinski definition) is 2. The molecule has 1 N–H and O–H groups in total. The molecule has 2 nitrogen and oxygen atoms in total. The third kappa shape index (κ3) is 2.31. The number of nitrogens with zero attached hydrogens (tertiary/aromatic N) is 1. The first-order valence-electron chi connectivity index (χ1n) is 4.27. The van der Waals surface area contributed by atoms with Crippen LogP contribution < -0.4 is 0 Å². The van der Waals surface area contributed by atoms with Gasteiger partial charge in [0.1, 0.15) is 0 Å². The second-order valence-corrected chi connectivity index (χ2v) is 3.37. The summed E-state index contributed by atoms with van der Waals surface area (Å²) in [6.07, 6.45) is 2.71. The summed E-state index contributed by atoms with van der Waals surface area (Å²) in [7, 11) is 0. The first-order chi connectivity index (χ1) is 5.74. The van der Waals surface area contributed by atoms with Crippen LogP contribution in [0.1, 0.15) is 25.1 Å². The van der Waals surface area contributed by atoms with E-state index in [2.05, 4.69) is 18.8 Å². The summed E-state index contributed by atoms with van der Waals surface area (Å²) in [5.74, 6) is 0.611. The molecule has 0 fully saturated rings. The second-order valence-electron chi connectivity index (χ2n) is 3.37. The Morgan fingerprint density at radius 3 is 2.83 bits per heavy atom. The van der Waals surface area contributed by atoms with Gasteiger partial charge in [-0.1, -0.05) is 19.9 Å². The number of aromatic nitrogens is 1. The molecule has 0 radical (unpaired) electrons. The molecule has 66 valence electrons. The summed E-state index contributed by atoms with van der Waals surface area (Å²) >= 11 is 0. The van der Waals surface area contributed by atoms with Gasteiger partial charge < -0.3 is 5.11 Å². The van der Waals surface area contributed by atoms with E-state index in [0.717, 1.165) is 17.7 Å². The van der Waals surface area contributed by atoms with E-state index in [1.54, 1.807) is 6.20 Å². The molecule has 0 bridgehead atoms. The van der Waals surface area contributed by atoms with E-state index in [9.17, 15) is 0 Å². The largest absolute Gasteiger partial charge is 0.390 e. The van der Waals surface area contributed by atoms with Crippen molar-refractivity contribution in [3.63, 3.8) is 0 Å². The summed E-state index contributed by atoms with van der Waals surface area (Å²) in [4.78, 5) is 4.10. The molecule has 0 saturated carbocycles. The van der Waals surface area contributed by atoms with Crippen LogP contribution in [-0.4, -0.2) is 10.1 Å². The maximum Gasteiger partial charge on any atom is 0.0855 e. The molecule has 0 saturated heterocycles. The highest BCUT2D eigenvalue weighted by Gasteiger charge is 2.03. The summed E-state index contributed by atoms with van der Waals surface area (Å²) in [6, 6.07) is 3.94. The summed E-state index contributed by atoms with van der Waals surface area (Å²) < 4.78 is 0. The molecule has 1 rings (SSSR count). The quantitative estimate of drug-likeness (QED) is 0.740. The van der Waals surface area contributed by atoms with Gasteiger partial charge in [0, 0.05) is 6.20 Å². The highest BCUT2D eigenvalue weighted by Crippen LogP contribution is 2.10. The van der Waals surface area contributed by atoms with Crippen molar-refractivity contribution < 1.29 is 5.11 Å². The van der Waals surface area contributed by atoms with Crippen molar-refractivity contribution in [3.8, 4) is 0 Å². The van der Waals surface area contributed by atoms with Crippen LogP contribution in [0.2, 0.25) is 0 Å². The van der Waals surface area contributed by atoms with Crippen LogP contribution >= 0.6 is 0 Å². The number of hydrogen-bond donors (Lipinski definition) is 1. The first-order valence-corrected chi connectivity index (χ1v) is 4.27. The van der Waals surface area contributed by atoms with Gasteiger partial charge in [0.05, 0.1) is 12.3 Å². The van der Waals surface area contributed by atoms with Gasteiger partial charge in [-0.15, -0.1) is 0 Å². The molecule has 12 heavy (non-hydrogen) atoms. The molecule has 0 aliphatic rings. The normalized spacial score (nSPS) is 10.7. The molecule has 0 spiro atoms. The second kappa shape index (κ2) is 4.21. The Kier molecular flexibility index (Phi) is 3.23. The van der Waals surface area contributed by atoms with Gasteiger partial charge in [0.2, 0.25) is 0 Å². The van der Waals surface area contributed by atoms with E-state index in [0.29, 0.717) is 5.92 Å². The molecule has 1 aromatic heterocycles. The molecule has 0 aliphatic heterocycles. The fourth-order valence-corrected chi connectivity index (χ4v) is 1.24. The molecule has 0 aliphatic carbocycles. The lowest BCUT2D eigenvalue weighted by molar-refractivity contribution is 0.275. The maximum atomic E-state index is 8.97. The fourth-order valence-electron chi connectivity index (χ4n) is 1.24. The molecule has 0 unspecified atom stereocenters. The predicted octanol–water partition coefficient (Wildman–Crippen LogP) is 1.77. The Morgan fingerprint density at radius 1 is 1.50 bits per heavy atom. The van der Waals surface area contributed by atoms with Crippen molar-refractivity contribution in [2.24, 2.45) is 5.92 Å². The summed E-state index contributed by atoms with van der Waals surface area (Å²) in [5, 5.41) is 8.97. The molecular formula is C10H15NO. The Labute approximate surface area is 73.3 Å². The van der Waals surface area contributed by atoms with E-state index in [1.807, 2.05) is 12.1 Å². The fraction of sp³-hybridized carbons (Fsp3) is 0.500. The van der Waals surface area contributed by atoms with Crippen LogP contribution in [0, 0.1) is 5.92 Å². The third-order valence-electron chi connectivity index (χ3n) is 1.76. The number of pyridine rings is 1. The van der Waals surface area contributed by atoms with Crippen LogP contribution in [0.15, 0.2) is 18.3 Å². The molecule has 1 aromatic rings.